The largest absolute Gasteiger partial charge is 0.481 e. The van der Waals surface area contributed by atoms with Crippen molar-refractivity contribution in [3.8, 4) is 0 Å². The average Bonchev–Trinajstić information content (AvgIpc) is 2.47. The van der Waals surface area contributed by atoms with Gasteiger partial charge >= 0.3 is 5.97 Å². The first-order chi connectivity index (χ1) is 9.96. The molecule has 21 heavy (non-hydrogen) atoms. The molecule has 0 spiro atoms. The van der Waals surface area contributed by atoms with Crippen LogP contribution in [-0.4, -0.2) is 23.7 Å². The Morgan fingerprint density at radius 1 is 1.29 bits per heavy atom. The highest BCUT2D eigenvalue weighted by molar-refractivity contribution is 5.74. The first-order valence-corrected chi connectivity index (χ1v) is 7.98. The van der Waals surface area contributed by atoms with Gasteiger partial charge in [0.25, 0.3) is 0 Å². The number of carbonyl (C=O) groups is 1. The van der Waals surface area contributed by atoms with Crippen molar-refractivity contribution in [1.29, 1.82) is 0 Å². The van der Waals surface area contributed by atoms with Gasteiger partial charge < -0.3 is 10.4 Å². The minimum Gasteiger partial charge on any atom is -0.481 e. The van der Waals surface area contributed by atoms with E-state index < -0.39 is 11.4 Å². The third-order valence-electron chi connectivity index (χ3n) is 5.40. The molecule has 0 saturated heterocycles. The van der Waals surface area contributed by atoms with Gasteiger partial charge in [-0.05, 0) is 36.7 Å². The van der Waals surface area contributed by atoms with Gasteiger partial charge in [-0.25, -0.2) is 0 Å². The van der Waals surface area contributed by atoms with Crippen LogP contribution in [0.25, 0.3) is 0 Å². The Morgan fingerprint density at radius 3 is 2.33 bits per heavy atom. The quantitative estimate of drug-likeness (QED) is 0.806. The maximum Gasteiger partial charge on any atom is 0.310 e. The van der Waals surface area contributed by atoms with Crippen LogP contribution in [0.2, 0.25) is 0 Å². The van der Waals surface area contributed by atoms with Crippen LogP contribution in [0.3, 0.4) is 0 Å². The number of hydrogen-bond donors (Lipinski definition) is 2. The highest BCUT2D eigenvalue weighted by Crippen LogP contribution is 2.43. The molecule has 0 atom stereocenters. The fourth-order valence-corrected chi connectivity index (χ4v) is 3.47. The monoisotopic (exact) mass is 289 g/mol. The van der Waals surface area contributed by atoms with Crippen LogP contribution >= 0.6 is 0 Å². The van der Waals surface area contributed by atoms with Gasteiger partial charge in [-0.15, -0.1) is 0 Å². The summed E-state index contributed by atoms with van der Waals surface area (Å²) in [4.78, 5) is 11.5. The van der Waals surface area contributed by atoms with Gasteiger partial charge in [-0.3, -0.25) is 4.79 Å². The van der Waals surface area contributed by atoms with Crippen molar-refractivity contribution in [2.45, 2.75) is 57.9 Å². The molecule has 2 rings (SSSR count). The van der Waals surface area contributed by atoms with E-state index in [4.69, 9.17) is 0 Å². The van der Waals surface area contributed by atoms with Gasteiger partial charge in [0.2, 0.25) is 0 Å². The molecular formula is C18H27NO2. The van der Waals surface area contributed by atoms with Crippen LogP contribution in [-0.2, 0) is 10.2 Å². The Bertz CT molecular complexity index is 473. The lowest BCUT2D eigenvalue weighted by atomic mass is 9.63. The number of hydrogen-bond acceptors (Lipinski definition) is 2. The molecule has 1 aromatic carbocycles. The maximum absolute atomic E-state index is 11.5. The van der Waals surface area contributed by atoms with Crippen LogP contribution < -0.4 is 5.32 Å². The number of carboxylic acids is 1. The Balaban J connectivity index is 1.90. The summed E-state index contributed by atoms with van der Waals surface area (Å²) >= 11 is 0. The smallest absolute Gasteiger partial charge is 0.310 e. The second-order valence-corrected chi connectivity index (χ2v) is 6.71. The zero-order valence-corrected chi connectivity index (χ0v) is 13.4. The molecule has 2 N–H and O–H groups in total. The summed E-state index contributed by atoms with van der Waals surface area (Å²) in [6.07, 6.45) is 3.52. The predicted octanol–water partition coefficient (Wildman–Crippen LogP) is 3.59. The van der Waals surface area contributed by atoms with E-state index in [1.165, 1.54) is 5.56 Å². The van der Waals surface area contributed by atoms with Crippen molar-refractivity contribution in [2.24, 2.45) is 5.41 Å². The first kappa shape index (κ1) is 16.0. The van der Waals surface area contributed by atoms with Crippen molar-refractivity contribution in [1.82, 2.24) is 5.32 Å². The van der Waals surface area contributed by atoms with E-state index in [-0.39, 0.29) is 5.41 Å². The Kier molecular flexibility index (Phi) is 4.72. The minimum atomic E-state index is -0.676. The van der Waals surface area contributed by atoms with E-state index in [0.717, 1.165) is 12.8 Å². The molecule has 1 saturated carbocycles. The minimum absolute atomic E-state index is 0.239. The predicted molar refractivity (Wildman–Crippen MR) is 85.5 cm³/mol. The summed E-state index contributed by atoms with van der Waals surface area (Å²) in [5.74, 6) is -0.676. The van der Waals surface area contributed by atoms with Crippen molar-refractivity contribution < 1.29 is 9.90 Å². The first-order valence-electron chi connectivity index (χ1n) is 7.98. The lowest BCUT2D eigenvalue weighted by molar-refractivity contribution is -0.149. The second-order valence-electron chi connectivity index (χ2n) is 6.71. The molecule has 3 nitrogen and oxygen atoms in total. The molecule has 0 radical (unpaired) electrons. The Hall–Kier alpha value is -1.35. The fourth-order valence-electron chi connectivity index (χ4n) is 3.47. The summed E-state index contributed by atoms with van der Waals surface area (Å²) in [6.45, 7) is 6.80. The summed E-state index contributed by atoms with van der Waals surface area (Å²) in [6, 6.07) is 11.0. The van der Waals surface area contributed by atoms with Gasteiger partial charge in [0.15, 0.2) is 0 Å². The lowest BCUT2D eigenvalue weighted by Gasteiger charge is -2.47. The number of nitrogens with one attached hydrogen (secondary N) is 1. The van der Waals surface area contributed by atoms with Gasteiger partial charge in [0.05, 0.1) is 5.41 Å². The fraction of sp³-hybridized carbons (Fsp3) is 0.611. The van der Waals surface area contributed by atoms with Crippen LogP contribution in [0.4, 0.5) is 0 Å². The maximum atomic E-state index is 11.5. The van der Waals surface area contributed by atoms with Crippen molar-refractivity contribution in [3.63, 3.8) is 0 Å². The average molecular weight is 289 g/mol. The zero-order chi connectivity index (χ0) is 15.5. The standard InChI is InChI=1S/C18H27NO2/c1-4-18(5-2,16(20)21)13-19-15-11-17(3,12-15)14-9-7-6-8-10-14/h6-10,15,19H,4-5,11-13H2,1-3H3,(H,20,21). The van der Waals surface area contributed by atoms with Crippen molar-refractivity contribution in [2.75, 3.05) is 6.54 Å². The van der Waals surface area contributed by atoms with Crippen molar-refractivity contribution >= 4 is 5.97 Å². The third kappa shape index (κ3) is 3.13. The number of benzene rings is 1. The van der Waals surface area contributed by atoms with Gasteiger partial charge in [-0.2, -0.15) is 0 Å². The van der Waals surface area contributed by atoms with Crippen LogP contribution in [0.5, 0.6) is 0 Å². The number of carboxylic acid groups (broad SMARTS) is 1. The SMILES string of the molecule is CCC(CC)(CNC1CC(C)(c2ccccc2)C1)C(=O)O. The summed E-state index contributed by atoms with van der Waals surface area (Å²) in [7, 11) is 0. The molecule has 116 valence electrons. The summed E-state index contributed by atoms with van der Waals surface area (Å²) in [5.41, 5.74) is 1.01. The van der Waals surface area contributed by atoms with Gasteiger partial charge in [0.1, 0.15) is 0 Å². The molecule has 0 aromatic heterocycles. The summed E-state index contributed by atoms with van der Waals surface area (Å²) < 4.78 is 0. The molecule has 1 aliphatic carbocycles. The van der Waals surface area contributed by atoms with E-state index in [1.54, 1.807) is 0 Å². The molecule has 1 aliphatic rings. The molecule has 0 aliphatic heterocycles. The molecule has 1 fully saturated rings. The van der Waals surface area contributed by atoms with Gasteiger partial charge in [0, 0.05) is 12.6 Å². The highest BCUT2D eigenvalue weighted by atomic mass is 16.4. The topological polar surface area (TPSA) is 49.3 Å². The third-order valence-corrected chi connectivity index (χ3v) is 5.40. The highest BCUT2D eigenvalue weighted by Gasteiger charge is 2.43. The number of rotatable bonds is 7. The molecule has 0 amide bonds. The second kappa shape index (κ2) is 6.18. The normalized spacial score (nSPS) is 25.4. The van der Waals surface area contributed by atoms with E-state index in [0.29, 0.717) is 25.4 Å². The number of aliphatic carboxylic acids is 1. The van der Waals surface area contributed by atoms with E-state index in [1.807, 2.05) is 19.9 Å². The van der Waals surface area contributed by atoms with Crippen molar-refractivity contribution in [3.05, 3.63) is 35.9 Å². The zero-order valence-electron chi connectivity index (χ0n) is 13.4. The molecule has 3 heteroatoms. The van der Waals surface area contributed by atoms with E-state index >= 15 is 0 Å². The molecule has 0 heterocycles. The van der Waals surface area contributed by atoms with E-state index in [9.17, 15) is 9.90 Å². The Morgan fingerprint density at radius 2 is 1.86 bits per heavy atom. The molecule has 0 bridgehead atoms. The molecule has 1 aromatic rings. The van der Waals surface area contributed by atoms with E-state index in [2.05, 4.69) is 36.5 Å². The molecular weight excluding hydrogens is 262 g/mol. The molecule has 0 unspecified atom stereocenters. The summed E-state index contributed by atoms with van der Waals surface area (Å²) in [5, 5.41) is 13.0. The lowest BCUT2D eigenvalue weighted by Crippen LogP contribution is -2.53. The Labute approximate surface area is 127 Å². The van der Waals surface area contributed by atoms with Crippen LogP contribution in [0.15, 0.2) is 30.3 Å². The van der Waals surface area contributed by atoms with Crippen LogP contribution in [0.1, 0.15) is 52.0 Å². The van der Waals surface area contributed by atoms with Crippen LogP contribution in [0, 0.1) is 5.41 Å². The van der Waals surface area contributed by atoms with Gasteiger partial charge in [-0.1, -0.05) is 51.1 Å².